The van der Waals surface area contributed by atoms with E-state index in [4.69, 9.17) is 10.00 Å². The van der Waals surface area contributed by atoms with Crippen molar-refractivity contribution in [3.8, 4) is 11.9 Å². The average molecular weight is 482 g/mol. The number of anilines is 3. The highest BCUT2D eigenvalue weighted by Gasteiger charge is 2.22. The Balaban J connectivity index is 1.38. The number of nitrogens with one attached hydrogen (secondary N) is 2. The van der Waals surface area contributed by atoms with Crippen molar-refractivity contribution in [2.45, 2.75) is 25.9 Å². The topological polar surface area (TPSA) is 116 Å². The van der Waals surface area contributed by atoms with E-state index in [1.54, 1.807) is 37.4 Å². The van der Waals surface area contributed by atoms with Crippen LogP contribution in [0.1, 0.15) is 34.5 Å². The van der Waals surface area contributed by atoms with Gasteiger partial charge in [0.15, 0.2) is 0 Å². The number of alkyl halides is 1. The van der Waals surface area contributed by atoms with Crippen LogP contribution >= 0.6 is 11.5 Å². The Labute approximate surface area is 200 Å². The van der Waals surface area contributed by atoms with Crippen LogP contribution in [0.3, 0.4) is 0 Å². The standard InChI is InChI=1S/C23H24FN7O2S/c1-15-21(23(34-30-15)29-19-6-4-16(11-25)12-26-19)22(32)28-17-5-7-20(27-13-17)33-18-3-2-9-31(14-18)10-8-24/h4-7,12-13,18H,2-3,8-10,14H2,1H3,(H,26,29)(H,28,32). The number of amides is 1. The van der Waals surface area contributed by atoms with Crippen molar-refractivity contribution >= 4 is 33.9 Å². The van der Waals surface area contributed by atoms with E-state index >= 15 is 0 Å². The Morgan fingerprint density at radius 2 is 2.21 bits per heavy atom. The molecule has 34 heavy (non-hydrogen) atoms. The molecule has 0 radical (unpaired) electrons. The van der Waals surface area contributed by atoms with Crippen LogP contribution in [0.15, 0.2) is 36.7 Å². The number of hydrogen-bond donors (Lipinski definition) is 2. The van der Waals surface area contributed by atoms with Crippen LogP contribution in [0.5, 0.6) is 5.88 Å². The average Bonchev–Trinajstić information content (AvgIpc) is 3.21. The number of aryl methyl sites for hydroxylation is 1. The smallest absolute Gasteiger partial charge is 0.260 e. The molecule has 0 saturated carbocycles. The van der Waals surface area contributed by atoms with E-state index in [1.165, 1.54) is 6.20 Å². The number of halogens is 1. The third-order valence-electron chi connectivity index (χ3n) is 5.37. The number of nitriles is 1. The van der Waals surface area contributed by atoms with Crippen molar-refractivity contribution in [1.82, 2.24) is 19.2 Å². The van der Waals surface area contributed by atoms with E-state index in [9.17, 15) is 9.18 Å². The molecule has 1 fully saturated rings. The lowest BCUT2D eigenvalue weighted by Crippen LogP contribution is -2.42. The maximum absolute atomic E-state index is 13.0. The quantitative estimate of drug-likeness (QED) is 0.497. The monoisotopic (exact) mass is 481 g/mol. The molecular formula is C23H24FN7O2S. The number of pyridine rings is 2. The molecule has 1 unspecified atom stereocenters. The Kier molecular flexibility index (Phi) is 7.61. The highest BCUT2D eigenvalue weighted by molar-refractivity contribution is 7.10. The summed E-state index contributed by atoms with van der Waals surface area (Å²) in [6.07, 6.45) is 4.83. The molecule has 0 aromatic carbocycles. The Morgan fingerprint density at radius 3 is 2.91 bits per heavy atom. The number of carbonyl (C=O) groups is 1. The van der Waals surface area contributed by atoms with E-state index in [1.807, 2.05) is 6.07 Å². The SMILES string of the molecule is Cc1nsc(Nc2ccc(C#N)cn2)c1C(=O)Nc1ccc(OC2CCCN(CCF)C2)nc1. The molecule has 3 aromatic heterocycles. The first kappa shape index (κ1) is 23.5. The second-order valence-corrected chi connectivity index (χ2v) is 8.63. The fourth-order valence-corrected chi connectivity index (χ4v) is 4.49. The molecule has 9 nitrogen and oxygen atoms in total. The van der Waals surface area contributed by atoms with Crippen molar-refractivity contribution in [2.24, 2.45) is 0 Å². The van der Waals surface area contributed by atoms with Crippen LogP contribution in [-0.2, 0) is 0 Å². The zero-order valence-electron chi connectivity index (χ0n) is 18.6. The van der Waals surface area contributed by atoms with Gasteiger partial charge in [-0.15, -0.1) is 0 Å². The summed E-state index contributed by atoms with van der Waals surface area (Å²) in [5, 5.41) is 15.4. The fraction of sp³-hybridized carbons (Fsp3) is 0.348. The summed E-state index contributed by atoms with van der Waals surface area (Å²) in [7, 11) is 0. The van der Waals surface area contributed by atoms with Gasteiger partial charge in [-0.05, 0) is 56.0 Å². The summed E-state index contributed by atoms with van der Waals surface area (Å²) in [5.74, 6) is 0.646. The van der Waals surface area contributed by atoms with Crippen LogP contribution in [0.25, 0.3) is 0 Å². The number of piperidine rings is 1. The molecule has 0 spiro atoms. The maximum Gasteiger partial charge on any atom is 0.260 e. The minimum atomic E-state index is -0.361. The largest absolute Gasteiger partial charge is 0.473 e. The highest BCUT2D eigenvalue weighted by atomic mass is 32.1. The van der Waals surface area contributed by atoms with Gasteiger partial charge in [0.1, 0.15) is 29.7 Å². The van der Waals surface area contributed by atoms with Gasteiger partial charge in [0.2, 0.25) is 5.88 Å². The Hall–Kier alpha value is -3.62. The van der Waals surface area contributed by atoms with Gasteiger partial charge in [-0.3, -0.25) is 9.69 Å². The van der Waals surface area contributed by atoms with Gasteiger partial charge in [-0.2, -0.15) is 9.64 Å². The van der Waals surface area contributed by atoms with Gasteiger partial charge >= 0.3 is 0 Å². The number of aromatic nitrogens is 3. The van der Waals surface area contributed by atoms with Gasteiger partial charge in [0.25, 0.3) is 5.91 Å². The summed E-state index contributed by atoms with van der Waals surface area (Å²) in [6.45, 7) is 3.39. The number of nitrogens with zero attached hydrogens (tertiary/aromatic N) is 5. The van der Waals surface area contributed by atoms with Crippen molar-refractivity contribution < 1.29 is 13.9 Å². The Morgan fingerprint density at radius 1 is 1.32 bits per heavy atom. The first-order chi connectivity index (χ1) is 16.6. The second kappa shape index (κ2) is 11.0. The van der Waals surface area contributed by atoms with Crippen LogP contribution in [0.2, 0.25) is 0 Å². The maximum atomic E-state index is 13.0. The lowest BCUT2D eigenvalue weighted by molar-refractivity contribution is 0.0814. The molecular weight excluding hydrogens is 457 g/mol. The number of likely N-dealkylation sites (tertiary alicyclic amines) is 1. The predicted octanol–water partition coefficient (Wildman–Crippen LogP) is 3.92. The number of ether oxygens (including phenoxy) is 1. The summed E-state index contributed by atoms with van der Waals surface area (Å²) < 4.78 is 22.9. The highest BCUT2D eigenvalue weighted by Crippen LogP contribution is 2.28. The lowest BCUT2D eigenvalue weighted by atomic mass is 10.1. The first-order valence-corrected chi connectivity index (χ1v) is 11.6. The van der Waals surface area contributed by atoms with Crippen LogP contribution < -0.4 is 15.4 Å². The summed E-state index contributed by atoms with van der Waals surface area (Å²) >= 11 is 1.16. The summed E-state index contributed by atoms with van der Waals surface area (Å²) in [5.41, 5.74) is 1.96. The molecule has 1 amide bonds. The minimum absolute atomic E-state index is 0.0303. The van der Waals surface area contributed by atoms with Gasteiger partial charge in [-0.25, -0.2) is 14.4 Å². The van der Waals surface area contributed by atoms with Crippen molar-refractivity contribution in [1.29, 1.82) is 5.26 Å². The van der Waals surface area contributed by atoms with E-state index < -0.39 is 0 Å². The van der Waals surface area contributed by atoms with Crippen LogP contribution in [0.4, 0.5) is 20.9 Å². The van der Waals surface area contributed by atoms with Crippen molar-refractivity contribution in [2.75, 3.05) is 36.9 Å². The minimum Gasteiger partial charge on any atom is -0.473 e. The van der Waals surface area contributed by atoms with Gasteiger partial charge in [0.05, 0.1) is 28.7 Å². The molecule has 0 aliphatic carbocycles. The molecule has 1 atom stereocenters. The molecule has 0 bridgehead atoms. The van der Waals surface area contributed by atoms with E-state index in [-0.39, 0.29) is 18.7 Å². The molecule has 3 aromatic rings. The lowest BCUT2D eigenvalue weighted by Gasteiger charge is -2.31. The number of hydrogen-bond acceptors (Lipinski definition) is 9. The molecule has 1 aliphatic heterocycles. The van der Waals surface area contributed by atoms with Gasteiger partial charge < -0.3 is 15.4 Å². The number of rotatable bonds is 8. The zero-order chi connectivity index (χ0) is 23.9. The molecule has 11 heteroatoms. The molecule has 2 N–H and O–H groups in total. The summed E-state index contributed by atoms with van der Waals surface area (Å²) in [4.78, 5) is 23.5. The van der Waals surface area contributed by atoms with E-state index in [0.717, 1.165) is 30.9 Å². The third kappa shape index (κ3) is 5.84. The fourth-order valence-electron chi connectivity index (χ4n) is 3.69. The van der Waals surface area contributed by atoms with Crippen LogP contribution in [0, 0.1) is 18.3 Å². The van der Waals surface area contributed by atoms with E-state index in [0.29, 0.717) is 52.3 Å². The van der Waals surface area contributed by atoms with E-state index in [2.05, 4.69) is 29.9 Å². The normalized spacial score (nSPS) is 16.0. The molecule has 1 saturated heterocycles. The molecule has 176 valence electrons. The summed E-state index contributed by atoms with van der Waals surface area (Å²) in [6, 6.07) is 8.77. The Bertz CT molecular complexity index is 1160. The first-order valence-electron chi connectivity index (χ1n) is 10.9. The van der Waals surface area contributed by atoms with Crippen molar-refractivity contribution in [3.63, 3.8) is 0 Å². The van der Waals surface area contributed by atoms with Crippen molar-refractivity contribution in [3.05, 3.63) is 53.5 Å². The van der Waals surface area contributed by atoms with Gasteiger partial charge in [0, 0.05) is 25.4 Å². The zero-order valence-corrected chi connectivity index (χ0v) is 19.4. The third-order valence-corrected chi connectivity index (χ3v) is 6.22. The van der Waals surface area contributed by atoms with Crippen LogP contribution in [-0.4, -0.2) is 57.6 Å². The molecule has 4 heterocycles. The predicted molar refractivity (Wildman–Crippen MR) is 127 cm³/mol. The second-order valence-electron chi connectivity index (χ2n) is 7.85. The number of carbonyl (C=O) groups excluding carboxylic acids is 1. The molecule has 4 rings (SSSR count). The van der Waals surface area contributed by atoms with Gasteiger partial charge in [-0.1, -0.05) is 0 Å². The molecule has 1 aliphatic rings.